The molecule has 1 atom stereocenters. The van der Waals surface area contributed by atoms with Gasteiger partial charge < -0.3 is 24.3 Å². The molecule has 11 heteroatoms. The number of alkyl halides is 3. The zero-order valence-corrected chi connectivity index (χ0v) is 16.8. The van der Waals surface area contributed by atoms with E-state index in [0.29, 0.717) is 11.5 Å². The first-order valence-electron chi connectivity index (χ1n) is 8.65. The van der Waals surface area contributed by atoms with Crippen LogP contribution in [0.1, 0.15) is 12.5 Å². The maximum absolute atomic E-state index is 13.0. The fraction of sp³-hybridized carbons (Fsp3) is 0.316. The predicted octanol–water partition coefficient (Wildman–Crippen LogP) is 3.83. The highest BCUT2D eigenvalue weighted by Crippen LogP contribution is 2.32. The molecule has 1 N–H and O–H groups in total. The van der Waals surface area contributed by atoms with Crippen molar-refractivity contribution in [2.24, 2.45) is 0 Å². The van der Waals surface area contributed by atoms with Crippen molar-refractivity contribution in [3.05, 3.63) is 48.2 Å². The van der Waals surface area contributed by atoms with Crippen molar-refractivity contribution in [1.29, 1.82) is 0 Å². The molecule has 0 radical (unpaired) electrons. The number of benzene rings is 1. The van der Waals surface area contributed by atoms with E-state index in [-0.39, 0.29) is 19.0 Å². The molecule has 0 saturated heterocycles. The van der Waals surface area contributed by atoms with E-state index < -0.39 is 29.1 Å². The third kappa shape index (κ3) is 7.36. The van der Waals surface area contributed by atoms with Crippen molar-refractivity contribution in [2.45, 2.75) is 18.4 Å². The van der Waals surface area contributed by atoms with Crippen molar-refractivity contribution >= 4 is 23.7 Å². The minimum absolute atomic E-state index is 0.0319. The SMILES string of the molecule is COC(=O)NCCOC(=O)[C@@H](C)Oc1ccc(Oc2ccc(C(F)(F)Cl)cn2)cc1. The van der Waals surface area contributed by atoms with Gasteiger partial charge in [-0.1, -0.05) is 0 Å². The molecule has 0 aliphatic heterocycles. The van der Waals surface area contributed by atoms with Crippen molar-refractivity contribution in [2.75, 3.05) is 20.3 Å². The topological polar surface area (TPSA) is 96.0 Å². The summed E-state index contributed by atoms with van der Waals surface area (Å²) < 4.78 is 46.2. The lowest BCUT2D eigenvalue weighted by atomic mass is 10.3. The van der Waals surface area contributed by atoms with E-state index in [2.05, 4.69) is 15.0 Å². The maximum atomic E-state index is 13.0. The van der Waals surface area contributed by atoms with Crippen LogP contribution in [-0.4, -0.2) is 43.4 Å². The van der Waals surface area contributed by atoms with Gasteiger partial charge >= 0.3 is 17.4 Å². The first kappa shape index (κ1) is 23.1. The van der Waals surface area contributed by atoms with Crippen molar-refractivity contribution < 1.29 is 37.3 Å². The number of methoxy groups -OCH3 is 1. The number of rotatable bonds is 9. The Balaban J connectivity index is 1.82. The van der Waals surface area contributed by atoms with Crippen LogP contribution in [0.2, 0.25) is 0 Å². The highest BCUT2D eigenvalue weighted by molar-refractivity contribution is 6.21. The second-order valence-electron chi connectivity index (χ2n) is 5.80. The molecule has 2 rings (SSSR count). The van der Waals surface area contributed by atoms with Crippen LogP contribution in [0.3, 0.4) is 0 Å². The average Bonchev–Trinajstić information content (AvgIpc) is 2.72. The third-order valence-electron chi connectivity index (χ3n) is 3.56. The van der Waals surface area contributed by atoms with Crippen LogP contribution in [0.25, 0.3) is 0 Å². The predicted molar refractivity (Wildman–Crippen MR) is 102 cm³/mol. The number of esters is 1. The number of pyridine rings is 1. The van der Waals surface area contributed by atoms with Gasteiger partial charge in [0, 0.05) is 12.3 Å². The number of carbonyl (C=O) groups is 2. The molecule has 0 spiro atoms. The van der Waals surface area contributed by atoms with Crippen molar-refractivity contribution in [3.63, 3.8) is 0 Å². The number of hydrogen-bond donors (Lipinski definition) is 1. The van der Waals surface area contributed by atoms with Crippen LogP contribution in [-0.2, 0) is 19.6 Å². The van der Waals surface area contributed by atoms with E-state index in [0.717, 1.165) is 12.3 Å². The van der Waals surface area contributed by atoms with E-state index in [1.807, 2.05) is 0 Å². The van der Waals surface area contributed by atoms with Gasteiger partial charge in [-0.15, -0.1) is 0 Å². The zero-order valence-electron chi connectivity index (χ0n) is 16.1. The number of ether oxygens (including phenoxy) is 4. The van der Waals surface area contributed by atoms with Gasteiger partial charge in [-0.25, -0.2) is 14.6 Å². The summed E-state index contributed by atoms with van der Waals surface area (Å²) in [7, 11) is 1.22. The Morgan fingerprint density at radius 2 is 1.83 bits per heavy atom. The second kappa shape index (κ2) is 10.6. The number of nitrogens with one attached hydrogen (secondary N) is 1. The van der Waals surface area contributed by atoms with E-state index in [1.165, 1.54) is 20.1 Å². The third-order valence-corrected chi connectivity index (χ3v) is 3.77. The Labute approximate surface area is 176 Å². The fourth-order valence-corrected chi connectivity index (χ4v) is 2.17. The van der Waals surface area contributed by atoms with Gasteiger partial charge in [-0.2, -0.15) is 8.78 Å². The highest BCUT2D eigenvalue weighted by Gasteiger charge is 2.28. The Bertz CT molecular complexity index is 844. The Morgan fingerprint density at radius 1 is 1.17 bits per heavy atom. The molecule has 8 nitrogen and oxygen atoms in total. The first-order chi connectivity index (χ1) is 14.2. The largest absolute Gasteiger partial charge is 0.479 e. The molecule has 1 aromatic heterocycles. The number of nitrogens with zero attached hydrogens (tertiary/aromatic N) is 1. The summed E-state index contributed by atoms with van der Waals surface area (Å²) in [6.45, 7) is 1.59. The zero-order chi connectivity index (χ0) is 22.1. The minimum Gasteiger partial charge on any atom is -0.479 e. The number of carbonyl (C=O) groups excluding carboxylic acids is 2. The molecule has 0 aliphatic carbocycles. The van der Waals surface area contributed by atoms with Crippen LogP contribution in [0.5, 0.6) is 17.4 Å². The van der Waals surface area contributed by atoms with Gasteiger partial charge in [-0.3, -0.25) is 0 Å². The van der Waals surface area contributed by atoms with Crippen LogP contribution < -0.4 is 14.8 Å². The Kier molecular flexibility index (Phi) is 8.16. The van der Waals surface area contributed by atoms with E-state index in [9.17, 15) is 18.4 Å². The summed E-state index contributed by atoms with van der Waals surface area (Å²) >= 11 is 4.92. The van der Waals surface area contributed by atoms with Crippen molar-refractivity contribution in [3.8, 4) is 17.4 Å². The van der Waals surface area contributed by atoms with Crippen LogP contribution >= 0.6 is 11.6 Å². The van der Waals surface area contributed by atoms with E-state index in [1.54, 1.807) is 24.3 Å². The van der Waals surface area contributed by atoms with Gasteiger partial charge in [0.1, 0.15) is 18.1 Å². The molecule has 2 aromatic rings. The number of aromatic nitrogens is 1. The molecular formula is C19H19ClF2N2O6. The minimum atomic E-state index is -3.50. The summed E-state index contributed by atoms with van der Waals surface area (Å²) in [5.41, 5.74) is -0.442. The molecule has 162 valence electrons. The van der Waals surface area contributed by atoms with Crippen LogP contribution in [0.15, 0.2) is 42.6 Å². The fourth-order valence-electron chi connectivity index (χ4n) is 2.06. The van der Waals surface area contributed by atoms with Gasteiger partial charge in [0.2, 0.25) is 5.88 Å². The second-order valence-corrected chi connectivity index (χ2v) is 6.28. The molecule has 0 fully saturated rings. The lowest BCUT2D eigenvalue weighted by Crippen LogP contribution is -2.31. The van der Waals surface area contributed by atoms with Gasteiger partial charge in [0.15, 0.2) is 6.10 Å². The number of amides is 1. The summed E-state index contributed by atoms with van der Waals surface area (Å²) in [5, 5.41) is -1.13. The monoisotopic (exact) mass is 444 g/mol. The van der Waals surface area contributed by atoms with Crippen molar-refractivity contribution in [1.82, 2.24) is 10.3 Å². The molecule has 1 heterocycles. The van der Waals surface area contributed by atoms with Gasteiger partial charge in [-0.05, 0) is 48.9 Å². The molecule has 0 unspecified atom stereocenters. The summed E-state index contributed by atoms with van der Waals surface area (Å²) in [6.07, 6.45) is -0.588. The standard InChI is InChI=1S/C19H19ClF2N2O6/c1-12(17(25)28-10-9-23-18(26)27-2)29-14-4-6-15(7-5-14)30-16-8-3-13(11-24-16)19(20,21)22/h3-8,11-12H,9-10H2,1-2H3,(H,23,26)/t12-/m1/s1. The normalized spacial score (nSPS) is 11.9. The number of alkyl carbamates (subject to hydrolysis) is 1. The summed E-state index contributed by atoms with van der Waals surface area (Å²) in [6, 6.07) is 8.60. The van der Waals surface area contributed by atoms with Crippen LogP contribution in [0.4, 0.5) is 13.6 Å². The maximum Gasteiger partial charge on any atom is 0.406 e. The van der Waals surface area contributed by atoms with Gasteiger partial charge in [0.05, 0.1) is 19.2 Å². The van der Waals surface area contributed by atoms with E-state index >= 15 is 0 Å². The quantitative estimate of drug-likeness (QED) is 0.356. The summed E-state index contributed by atoms with van der Waals surface area (Å²) in [4.78, 5) is 26.5. The van der Waals surface area contributed by atoms with Crippen LogP contribution in [0, 0.1) is 0 Å². The molecular weight excluding hydrogens is 426 g/mol. The Morgan fingerprint density at radius 3 is 2.40 bits per heavy atom. The molecule has 0 aliphatic rings. The summed E-state index contributed by atoms with van der Waals surface area (Å²) in [5.74, 6) is 0.252. The molecule has 0 bridgehead atoms. The van der Waals surface area contributed by atoms with E-state index in [4.69, 9.17) is 25.8 Å². The average molecular weight is 445 g/mol. The first-order valence-corrected chi connectivity index (χ1v) is 9.03. The Hall–Kier alpha value is -3.14. The molecule has 1 aromatic carbocycles. The lowest BCUT2D eigenvalue weighted by Gasteiger charge is -2.14. The smallest absolute Gasteiger partial charge is 0.406 e. The molecule has 1 amide bonds. The molecule has 0 saturated carbocycles. The number of hydrogen-bond acceptors (Lipinski definition) is 7. The van der Waals surface area contributed by atoms with Gasteiger partial charge in [0.25, 0.3) is 0 Å². The highest BCUT2D eigenvalue weighted by atomic mass is 35.5. The number of halogens is 3. The lowest BCUT2D eigenvalue weighted by molar-refractivity contribution is -0.150. The molecule has 30 heavy (non-hydrogen) atoms.